The third-order valence-corrected chi connectivity index (χ3v) is 5.70. The molecule has 5 N–H and O–H groups in total. The number of carbonyl (C=O) groups is 1. The van der Waals surface area contributed by atoms with Gasteiger partial charge < -0.3 is 20.6 Å². The second-order valence-corrected chi connectivity index (χ2v) is 8.97. The van der Waals surface area contributed by atoms with Gasteiger partial charge in [-0.2, -0.15) is 13.5 Å². The number of rotatable bonds is 3. The van der Waals surface area contributed by atoms with Crippen LogP contribution in [0.5, 0.6) is 0 Å². The smallest absolute Gasteiger partial charge is 0.391 e. The molecule has 3 aromatic rings. The minimum Gasteiger partial charge on any atom is -0.391 e. The van der Waals surface area contributed by atoms with Gasteiger partial charge in [0, 0.05) is 31.4 Å². The molecule has 2 saturated heterocycles. The fraction of sp³-hybridized carbons (Fsp3) is 0.381. The number of primary amides is 1. The second kappa shape index (κ2) is 11.6. The van der Waals surface area contributed by atoms with Crippen molar-refractivity contribution in [1.82, 2.24) is 14.6 Å². The van der Waals surface area contributed by atoms with Crippen LogP contribution in [0.15, 0.2) is 36.7 Å². The molecule has 1 amide bonds. The molecule has 1 aromatic carbocycles. The van der Waals surface area contributed by atoms with Crippen LogP contribution < -0.4 is 15.5 Å². The lowest BCUT2D eigenvalue weighted by Gasteiger charge is -2.26. The zero-order valence-electron chi connectivity index (χ0n) is 19.0. The van der Waals surface area contributed by atoms with Crippen molar-refractivity contribution < 1.29 is 36.2 Å². The van der Waals surface area contributed by atoms with Gasteiger partial charge >= 0.3 is 10.4 Å². The van der Waals surface area contributed by atoms with Crippen LogP contribution in [0.3, 0.4) is 0 Å². The molecule has 0 aliphatic carbocycles. The Hall–Kier alpha value is -3.40. The van der Waals surface area contributed by atoms with Crippen molar-refractivity contribution in [1.29, 1.82) is 0 Å². The van der Waals surface area contributed by atoms with Crippen LogP contribution in [0.25, 0.3) is 5.65 Å². The molecule has 12 nitrogen and oxygen atoms in total. The van der Waals surface area contributed by atoms with Crippen molar-refractivity contribution in [2.24, 2.45) is 5.73 Å². The molecule has 2 fully saturated rings. The summed E-state index contributed by atoms with van der Waals surface area (Å²) in [4.78, 5) is 17.5. The maximum absolute atomic E-state index is 14.4. The van der Waals surface area contributed by atoms with E-state index in [2.05, 4.69) is 15.7 Å². The van der Waals surface area contributed by atoms with E-state index in [0.717, 1.165) is 49.9 Å². The third kappa shape index (κ3) is 6.84. The van der Waals surface area contributed by atoms with Gasteiger partial charge in [-0.05, 0) is 43.5 Å². The van der Waals surface area contributed by atoms with E-state index in [1.54, 1.807) is 10.7 Å². The molecule has 0 spiro atoms. The number of nitrogens with zero attached hydrogens (tertiary/aromatic N) is 5. The number of nitrogens with two attached hydrogens (primary N) is 1. The number of aliphatic hydroxyl groups is 1. The van der Waals surface area contributed by atoms with Crippen molar-refractivity contribution in [3.8, 4) is 0 Å². The number of aliphatic hydroxyl groups excluding tert-OH is 1. The van der Waals surface area contributed by atoms with Crippen LogP contribution >= 0.6 is 0 Å². The number of fused-ring (bicyclic) bond motifs is 1. The number of halogens is 2. The number of amides is 1. The van der Waals surface area contributed by atoms with Crippen LogP contribution in [0.4, 0.5) is 20.3 Å². The highest BCUT2D eigenvalue weighted by Crippen LogP contribution is 2.37. The number of aromatic nitrogens is 3. The average molecular weight is 529 g/mol. The second-order valence-electron chi connectivity index (χ2n) is 8.07. The molecule has 0 radical (unpaired) electrons. The summed E-state index contributed by atoms with van der Waals surface area (Å²) < 4.78 is 61.4. The maximum Gasteiger partial charge on any atom is 0.394 e. The molecule has 0 bridgehead atoms. The van der Waals surface area contributed by atoms with Crippen molar-refractivity contribution in [3.05, 3.63) is 53.9 Å². The molecule has 5 rings (SSSR count). The highest BCUT2D eigenvalue weighted by atomic mass is 32.3. The lowest BCUT2D eigenvalue weighted by atomic mass is 10.0. The molecule has 15 heteroatoms. The number of benzene rings is 1. The molecule has 2 aliphatic rings. The van der Waals surface area contributed by atoms with Crippen LogP contribution in [0, 0.1) is 11.6 Å². The highest BCUT2D eigenvalue weighted by molar-refractivity contribution is 7.79. The first-order valence-electron chi connectivity index (χ1n) is 10.9. The Morgan fingerprint density at radius 3 is 2.47 bits per heavy atom. The summed E-state index contributed by atoms with van der Waals surface area (Å²) >= 11 is 0. The van der Waals surface area contributed by atoms with E-state index in [1.807, 2.05) is 17.2 Å². The zero-order valence-corrected chi connectivity index (χ0v) is 19.8. The number of hydrogen-bond donors (Lipinski definition) is 4. The fourth-order valence-corrected chi connectivity index (χ4v) is 4.33. The molecule has 4 heterocycles. The van der Waals surface area contributed by atoms with E-state index >= 15 is 0 Å². The standard InChI is InChI=1S/C20H21F2N5O.CH3NO.H2O4S/c21-13-3-4-16(22)15(10-13)17-2-1-7-26(17)19-6-9-27-20(24-19)18(11-23-27)25-8-5-14(28)12-25;2-1-3;1-5(2,3)4/h3-4,6,9-11,14,17,28H,1-2,5,7-8,12H2;1H,(H2,2,3);(H2,1,2,3,4)/t14-,17+;;/m0../s1. The molecule has 0 saturated carbocycles. The monoisotopic (exact) mass is 528 g/mol. The summed E-state index contributed by atoms with van der Waals surface area (Å²) in [5, 5.41) is 14.2. The lowest BCUT2D eigenvalue weighted by Crippen LogP contribution is -2.25. The maximum atomic E-state index is 14.4. The Kier molecular flexibility index (Phi) is 8.73. The van der Waals surface area contributed by atoms with Gasteiger partial charge in [0.15, 0.2) is 5.65 Å². The van der Waals surface area contributed by atoms with Gasteiger partial charge in [0.1, 0.15) is 23.1 Å². The van der Waals surface area contributed by atoms with E-state index < -0.39 is 22.0 Å². The van der Waals surface area contributed by atoms with Crippen LogP contribution in [0.1, 0.15) is 30.9 Å². The summed E-state index contributed by atoms with van der Waals surface area (Å²) in [6.45, 7) is 2.05. The van der Waals surface area contributed by atoms with Gasteiger partial charge in [0.25, 0.3) is 0 Å². The van der Waals surface area contributed by atoms with E-state index in [-0.39, 0.29) is 18.6 Å². The van der Waals surface area contributed by atoms with Crippen molar-refractivity contribution in [2.75, 3.05) is 29.4 Å². The van der Waals surface area contributed by atoms with Crippen LogP contribution in [0.2, 0.25) is 0 Å². The SMILES string of the molecule is NC=O.O=S(=O)(O)O.O[C@H]1CCN(c2cnn3ccc(N4CCC[C@@H]4c4cc(F)ccc4F)nc23)C1. The van der Waals surface area contributed by atoms with Crippen LogP contribution in [-0.4, -0.2) is 69.4 Å². The van der Waals surface area contributed by atoms with E-state index in [4.69, 9.17) is 27.3 Å². The van der Waals surface area contributed by atoms with E-state index in [0.29, 0.717) is 17.8 Å². The molecule has 0 unspecified atom stereocenters. The number of hydrogen-bond acceptors (Lipinski definition) is 8. The highest BCUT2D eigenvalue weighted by Gasteiger charge is 2.30. The molecule has 36 heavy (non-hydrogen) atoms. The quantitative estimate of drug-likeness (QED) is 0.287. The van der Waals surface area contributed by atoms with Gasteiger partial charge in [0.2, 0.25) is 6.41 Å². The average Bonchev–Trinajstić information content (AvgIpc) is 3.53. The van der Waals surface area contributed by atoms with Crippen LogP contribution in [-0.2, 0) is 15.2 Å². The molecular formula is C21H26F2N6O6S. The van der Waals surface area contributed by atoms with Crippen molar-refractivity contribution >= 4 is 34.0 Å². The molecular weight excluding hydrogens is 502 g/mol. The van der Waals surface area contributed by atoms with Gasteiger partial charge in [0.05, 0.1) is 18.3 Å². The molecule has 2 atom stereocenters. The van der Waals surface area contributed by atoms with Gasteiger partial charge in [-0.25, -0.2) is 18.3 Å². The van der Waals surface area contributed by atoms with E-state index in [1.165, 1.54) is 12.1 Å². The Bertz CT molecular complexity index is 1300. The summed E-state index contributed by atoms with van der Waals surface area (Å²) in [5.41, 5.74) is 6.12. The molecule has 196 valence electrons. The number of β-amino-alcohol motifs (C(OH)–C–C–N with tert-alkyl or cyclic N) is 1. The van der Waals surface area contributed by atoms with Crippen molar-refractivity contribution in [2.45, 2.75) is 31.4 Å². The van der Waals surface area contributed by atoms with Gasteiger partial charge in [-0.1, -0.05) is 0 Å². The summed E-state index contributed by atoms with van der Waals surface area (Å²) in [6, 6.07) is 5.23. The Labute approximate surface area is 205 Å². The van der Waals surface area contributed by atoms with Crippen molar-refractivity contribution in [3.63, 3.8) is 0 Å². The predicted octanol–water partition coefficient (Wildman–Crippen LogP) is 1.37. The normalized spacial score (nSPS) is 19.5. The Morgan fingerprint density at radius 1 is 1.14 bits per heavy atom. The predicted molar refractivity (Wildman–Crippen MR) is 126 cm³/mol. The van der Waals surface area contributed by atoms with Gasteiger partial charge in [-0.15, -0.1) is 0 Å². The molecule has 2 aliphatic heterocycles. The first-order valence-corrected chi connectivity index (χ1v) is 12.3. The minimum absolute atomic E-state index is 0.245. The number of anilines is 2. The Balaban J connectivity index is 0.000000398. The first-order chi connectivity index (χ1) is 17.0. The lowest BCUT2D eigenvalue weighted by molar-refractivity contribution is -0.106. The topological polar surface area (TPSA) is 175 Å². The minimum atomic E-state index is -4.67. The Morgan fingerprint density at radius 2 is 1.83 bits per heavy atom. The third-order valence-electron chi connectivity index (χ3n) is 5.70. The summed E-state index contributed by atoms with van der Waals surface area (Å²) in [5.74, 6) is -0.104. The summed E-state index contributed by atoms with van der Waals surface area (Å²) in [7, 11) is -4.67. The van der Waals surface area contributed by atoms with E-state index in [9.17, 15) is 13.9 Å². The molecule has 2 aromatic heterocycles. The fourth-order valence-electron chi connectivity index (χ4n) is 4.33. The first kappa shape index (κ1) is 27.2. The van der Waals surface area contributed by atoms with Gasteiger partial charge in [-0.3, -0.25) is 13.9 Å². The zero-order chi connectivity index (χ0) is 26.5. The number of carbonyl (C=O) groups excluding carboxylic acids is 1. The largest absolute Gasteiger partial charge is 0.394 e. The summed E-state index contributed by atoms with van der Waals surface area (Å²) in [6.07, 6.45) is 5.87.